The second-order valence-corrected chi connectivity index (χ2v) is 7.43. The van der Waals surface area contributed by atoms with Gasteiger partial charge in [0, 0.05) is 12.4 Å². The first-order valence-electron chi connectivity index (χ1n) is 8.75. The normalized spacial score (nSPS) is 10.7. The van der Waals surface area contributed by atoms with Gasteiger partial charge in [-0.15, -0.1) is 0 Å². The zero-order valence-corrected chi connectivity index (χ0v) is 17.0. The number of furan rings is 1. The topological polar surface area (TPSA) is 89.2 Å². The largest absolute Gasteiger partial charge is 0.466 e. The third-order valence-corrected chi connectivity index (χ3v) is 5.13. The van der Waals surface area contributed by atoms with Gasteiger partial charge in [0.2, 0.25) is 5.91 Å². The number of hydrogen-bond acceptors (Lipinski definition) is 5. The number of hydrogen-bond donors (Lipinski definition) is 2. The van der Waals surface area contributed by atoms with E-state index in [-0.39, 0.29) is 11.7 Å². The van der Waals surface area contributed by atoms with Crippen molar-refractivity contribution in [3.63, 3.8) is 0 Å². The molecule has 2 amide bonds. The van der Waals surface area contributed by atoms with Gasteiger partial charge in [-0.2, -0.15) is 0 Å². The lowest BCUT2D eigenvalue weighted by Gasteiger charge is -2.11. The summed E-state index contributed by atoms with van der Waals surface area (Å²) in [6, 6.07) is 7.83. The molecule has 28 heavy (non-hydrogen) atoms. The lowest BCUT2D eigenvalue weighted by molar-refractivity contribution is -0.119. The van der Waals surface area contributed by atoms with Gasteiger partial charge >= 0.3 is 0 Å². The van der Waals surface area contributed by atoms with Gasteiger partial charge in [0.1, 0.15) is 11.5 Å². The Morgan fingerprint density at radius 3 is 2.64 bits per heavy atom. The van der Waals surface area contributed by atoms with Crippen molar-refractivity contribution in [3.05, 3.63) is 64.9 Å². The standard InChI is InChI=1S/C20H22N4O3S/c1-12-5-6-13(2)17(9-12)24-8-7-21-20(24)28-11-18(25)22-23-19(26)16-10-14(3)27-15(16)4/h5-10H,11H2,1-4H3,(H,22,25)(H,23,26). The number of aromatic nitrogens is 2. The molecule has 2 aromatic heterocycles. The number of aryl methyl sites for hydroxylation is 4. The van der Waals surface area contributed by atoms with Crippen LogP contribution in [0, 0.1) is 27.7 Å². The SMILES string of the molecule is Cc1ccc(C)c(-n2ccnc2SCC(=O)NNC(=O)c2cc(C)oc2C)c1. The molecule has 0 atom stereocenters. The molecule has 3 aromatic rings. The minimum atomic E-state index is -0.412. The first-order valence-corrected chi connectivity index (χ1v) is 9.73. The predicted octanol–water partition coefficient (Wildman–Crippen LogP) is 3.25. The van der Waals surface area contributed by atoms with E-state index in [0.717, 1.165) is 16.8 Å². The summed E-state index contributed by atoms with van der Waals surface area (Å²) >= 11 is 1.30. The Bertz CT molecular complexity index is 1020. The van der Waals surface area contributed by atoms with Crippen LogP contribution in [0.15, 0.2) is 46.2 Å². The van der Waals surface area contributed by atoms with Crippen molar-refractivity contribution in [2.45, 2.75) is 32.9 Å². The molecule has 0 bridgehead atoms. The molecular weight excluding hydrogens is 376 g/mol. The van der Waals surface area contributed by atoms with Gasteiger partial charge < -0.3 is 4.42 Å². The number of imidazole rings is 1. The first-order chi connectivity index (χ1) is 13.3. The summed E-state index contributed by atoms with van der Waals surface area (Å²) in [6.07, 6.45) is 3.57. The fourth-order valence-corrected chi connectivity index (χ4v) is 3.54. The van der Waals surface area contributed by atoms with Gasteiger partial charge in [-0.1, -0.05) is 23.9 Å². The molecule has 0 aliphatic carbocycles. The van der Waals surface area contributed by atoms with E-state index in [9.17, 15) is 9.59 Å². The highest BCUT2D eigenvalue weighted by atomic mass is 32.2. The fourth-order valence-electron chi connectivity index (χ4n) is 2.78. The number of rotatable bonds is 5. The summed E-state index contributed by atoms with van der Waals surface area (Å²) in [5.41, 5.74) is 8.52. The highest BCUT2D eigenvalue weighted by Gasteiger charge is 2.15. The molecule has 0 radical (unpaired) electrons. The quantitative estimate of drug-likeness (QED) is 0.509. The van der Waals surface area contributed by atoms with E-state index in [1.165, 1.54) is 11.8 Å². The lowest BCUT2D eigenvalue weighted by atomic mass is 10.1. The molecule has 0 aliphatic rings. The molecule has 3 rings (SSSR count). The summed E-state index contributed by atoms with van der Waals surface area (Å²) in [6.45, 7) is 7.53. The maximum atomic E-state index is 12.1. The minimum absolute atomic E-state index is 0.117. The second kappa shape index (κ2) is 8.35. The van der Waals surface area contributed by atoms with Crippen molar-refractivity contribution in [1.29, 1.82) is 0 Å². The average Bonchev–Trinajstić information content (AvgIpc) is 3.25. The Morgan fingerprint density at radius 1 is 1.14 bits per heavy atom. The molecule has 0 aliphatic heterocycles. The Labute approximate surface area is 167 Å². The van der Waals surface area contributed by atoms with Crippen molar-refractivity contribution in [3.8, 4) is 5.69 Å². The van der Waals surface area contributed by atoms with E-state index in [2.05, 4.69) is 34.0 Å². The average molecular weight is 398 g/mol. The second-order valence-electron chi connectivity index (χ2n) is 6.49. The molecule has 7 nitrogen and oxygen atoms in total. The van der Waals surface area contributed by atoms with Crippen molar-refractivity contribution in [1.82, 2.24) is 20.4 Å². The number of benzene rings is 1. The number of nitrogens with zero attached hydrogens (tertiary/aromatic N) is 2. The van der Waals surface area contributed by atoms with Crippen LogP contribution in [0.1, 0.15) is 33.0 Å². The van der Waals surface area contributed by atoms with Crippen molar-refractivity contribution in [2.75, 3.05) is 5.75 Å². The van der Waals surface area contributed by atoms with Gasteiger partial charge in [-0.25, -0.2) is 4.98 Å². The molecule has 2 heterocycles. The van der Waals surface area contributed by atoms with E-state index < -0.39 is 5.91 Å². The van der Waals surface area contributed by atoms with Crippen molar-refractivity contribution < 1.29 is 14.0 Å². The Kier molecular flexibility index (Phi) is 5.89. The maximum Gasteiger partial charge on any atom is 0.273 e. The summed E-state index contributed by atoms with van der Waals surface area (Å²) in [5.74, 6) is 0.527. The van der Waals surface area contributed by atoms with Crippen LogP contribution in [0.2, 0.25) is 0 Å². The van der Waals surface area contributed by atoms with Crippen molar-refractivity contribution >= 4 is 23.6 Å². The number of hydrazine groups is 1. The predicted molar refractivity (Wildman–Crippen MR) is 108 cm³/mol. The summed E-state index contributed by atoms with van der Waals surface area (Å²) in [4.78, 5) is 28.6. The molecule has 8 heteroatoms. The zero-order chi connectivity index (χ0) is 20.3. The number of amides is 2. The highest BCUT2D eigenvalue weighted by molar-refractivity contribution is 7.99. The van der Waals surface area contributed by atoms with E-state index >= 15 is 0 Å². The van der Waals surface area contributed by atoms with Crippen molar-refractivity contribution in [2.24, 2.45) is 0 Å². The summed E-state index contributed by atoms with van der Waals surface area (Å²) < 4.78 is 7.28. The molecule has 0 saturated heterocycles. The van der Waals surface area contributed by atoms with Gasteiger partial charge in [-0.05, 0) is 51.0 Å². The maximum absolute atomic E-state index is 12.1. The van der Waals surface area contributed by atoms with Crippen LogP contribution in [0.4, 0.5) is 0 Å². The van der Waals surface area contributed by atoms with Gasteiger partial charge in [0.15, 0.2) is 5.16 Å². The highest BCUT2D eigenvalue weighted by Crippen LogP contribution is 2.23. The summed E-state index contributed by atoms with van der Waals surface area (Å²) in [7, 11) is 0. The molecule has 1 aromatic carbocycles. The lowest BCUT2D eigenvalue weighted by Crippen LogP contribution is -2.42. The van der Waals surface area contributed by atoms with Crippen LogP contribution >= 0.6 is 11.8 Å². The Hall–Kier alpha value is -3.00. The van der Waals surface area contributed by atoms with E-state index in [1.807, 2.05) is 24.6 Å². The van der Waals surface area contributed by atoms with Crippen LogP contribution in [0.3, 0.4) is 0 Å². The van der Waals surface area contributed by atoms with Crippen LogP contribution in [-0.4, -0.2) is 27.1 Å². The van der Waals surface area contributed by atoms with E-state index in [1.54, 1.807) is 26.1 Å². The van der Waals surface area contributed by atoms with Gasteiger partial charge in [0.05, 0.1) is 17.0 Å². The molecule has 146 valence electrons. The first kappa shape index (κ1) is 19.8. The van der Waals surface area contributed by atoms with Gasteiger partial charge in [-0.3, -0.25) is 25.0 Å². The number of carbonyl (C=O) groups is 2. The molecule has 0 fully saturated rings. The van der Waals surface area contributed by atoms with E-state index in [0.29, 0.717) is 22.2 Å². The number of nitrogens with one attached hydrogen (secondary N) is 2. The Balaban J connectivity index is 1.59. The number of carbonyl (C=O) groups excluding carboxylic acids is 2. The monoisotopic (exact) mass is 398 g/mol. The molecule has 2 N–H and O–H groups in total. The summed E-state index contributed by atoms with van der Waals surface area (Å²) in [5, 5.41) is 0.705. The third-order valence-electron chi connectivity index (χ3n) is 4.16. The molecule has 0 spiro atoms. The molecule has 0 saturated carbocycles. The zero-order valence-electron chi connectivity index (χ0n) is 16.2. The molecular formula is C20H22N4O3S. The van der Waals surface area contributed by atoms with Crippen LogP contribution < -0.4 is 10.9 Å². The molecule has 0 unspecified atom stereocenters. The minimum Gasteiger partial charge on any atom is -0.466 e. The smallest absolute Gasteiger partial charge is 0.273 e. The fraction of sp³-hybridized carbons (Fsp3) is 0.250. The number of thioether (sulfide) groups is 1. The van der Waals surface area contributed by atoms with Crippen LogP contribution in [0.5, 0.6) is 0 Å². The third kappa shape index (κ3) is 4.45. The van der Waals surface area contributed by atoms with Crippen LogP contribution in [0.25, 0.3) is 5.69 Å². The Morgan fingerprint density at radius 2 is 1.93 bits per heavy atom. The van der Waals surface area contributed by atoms with Crippen LogP contribution in [-0.2, 0) is 4.79 Å². The van der Waals surface area contributed by atoms with E-state index in [4.69, 9.17) is 4.42 Å². The van der Waals surface area contributed by atoms with Gasteiger partial charge in [0.25, 0.3) is 5.91 Å².